The van der Waals surface area contributed by atoms with Crippen molar-refractivity contribution >= 4 is 27.5 Å². The minimum Gasteiger partial charge on any atom is -0.504 e. The van der Waals surface area contributed by atoms with Crippen LogP contribution in [0.1, 0.15) is 34.9 Å². The number of carbonyl (C=O) groups excluding carboxylic acids is 1. The van der Waals surface area contributed by atoms with Gasteiger partial charge in [-0.2, -0.15) is 0 Å². The van der Waals surface area contributed by atoms with Gasteiger partial charge in [-0.25, -0.2) is 0 Å². The van der Waals surface area contributed by atoms with Crippen LogP contribution in [0.5, 0.6) is 11.5 Å². The summed E-state index contributed by atoms with van der Waals surface area (Å²) in [6.07, 6.45) is 1.54. The molecule has 0 spiro atoms. The molecular formula is C18H17BrN2O3. The molecular weight excluding hydrogens is 372 g/mol. The topological polar surface area (TPSA) is 61.8 Å². The zero-order chi connectivity index (χ0) is 16.8. The number of phenolic OH excluding ortho intramolecular Hbond substituents is 1. The third-order valence-corrected chi connectivity index (χ3v) is 4.94. The van der Waals surface area contributed by atoms with E-state index in [1.54, 1.807) is 6.07 Å². The van der Waals surface area contributed by atoms with Crippen LogP contribution in [0, 0.1) is 0 Å². The molecule has 1 amide bonds. The first-order valence-corrected chi connectivity index (χ1v) is 8.64. The first-order chi connectivity index (χ1) is 11.6. The van der Waals surface area contributed by atoms with Gasteiger partial charge in [-0.3, -0.25) is 4.79 Å². The van der Waals surface area contributed by atoms with E-state index in [1.165, 1.54) is 7.11 Å². The van der Waals surface area contributed by atoms with Crippen molar-refractivity contribution in [1.29, 1.82) is 0 Å². The fourth-order valence-electron chi connectivity index (χ4n) is 3.18. The van der Waals surface area contributed by atoms with Crippen LogP contribution in [-0.2, 0) is 0 Å². The van der Waals surface area contributed by atoms with Crippen molar-refractivity contribution in [2.75, 3.05) is 12.4 Å². The number of nitrogens with one attached hydrogen (secondary N) is 1. The van der Waals surface area contributed by atoms with Crippen LogP contribution in [0.4, 0.5) is 5.69 Å². The number of halogens is 1. The van der Waals surface area contributed by atoms with Gasteiger partial charge in [0, 0.05) is 21.8 Å². The number of hydrogen-bond donors (Lipinski definition) is 2. The SMILES string of the molecule is COc1cc(Br)cc([C@H]2Nc3ccccc3C(=O)N2C2CC2)c1O. The van der Waals surface area contributed by atoms with E-state index in [1.807, 2.05) is 35.2 Å². The molecule has 1 atom stereocenters. The summed E-state index contributed by atoms with van der Waals surface area (Å²) in [5, 5.41) is 14.0. The minimum atomic E-state index is -0.425. The van der Waals surface area contributed by atoms with Crippen molar-refractivity contribution < 1.29 is 14.6 Å². The number of para-hydroxylation sites is 1. The zero-order valence-corrected chi connectivity index (χ0v) is 14.7. The number of benzene rings is 2. The molecule has 2 aliphatic rings. The van der Waals surface area contributed by atoms with Gasteiger partial charge in [0.2, 0.25) is 0 Å². The Kier molecular flexibility index (Phi) is 3.64. The van der Waals surface area contributed by atoms with Gasteiger partial charge in [-0.1, -0.05) is 28.1 Å². The number of hydrogen-bond acceptors (Lipinski definition) is 4. The molecule has 2 aromatic carbocycles. The number of fused-ring (bicyclic) bond motifs is 1. The van der Waals surface area contributed by atoms with E-state index in [2.05, 4.69) is 21.2 Å². The van der Waals surface area contributed by atoms with Crippen LogP contribution >= 0.6 is 15.9 Å². The van der Waals surface area contributed by atoms with Crippen molar-refractivity contribution in [2.45, 2.75) is 25.0 Å². The fourth-order valence-corrected chi connectivity index (χ4v) is 3.64. The molecule has 2 aromatic rings. The van der Waals surface area contributed by atoms with Crippen LogP contribution in [0.25, 0.3) is 0 Å². The van der Waals surface area contributed by atoms with Gasteiger partial charge in [0.1, 0.15) is 6.17 Å². The molecule has 0 bridgehead atoms. The molecule has 1 saturated carbocycles. The molecule has 5 nitrogen and oxygen atoms in total. The van der Waals surface area contributed by atoms with Crippen LogP contribution < -0.4 is 10.1 Å². The Balaban J connectivity index is 1.85. The number of anilines is 1. The van der Waals surface area contributed by atoms with E-state index in [0.29, 0.717) is 16.9 Å². The molecule has 1 aliphatic carbocycles. The van der Waals surface area contributed by atoms with Gasteiger partial charge < -0.3 is 20.1 Å². The summed E-state index contributed by atoms with van der Waals surface area (Å²) in [6.45, 7) is 0. The van der Waals surface area contributed by atoms with Crippen molar-refractivity contribution in [3.8, 4) is 11.5 Å². The summed E-state index contributed by atoms with van der Waals surface area (Å²) in [4.78, 5) is 14.8. The Morgan fingerprint density at radius 3 is 2.75 bits per heavy atom. The van der Waals surface area contributed by atoms with Gasteiger partial charge in [0.05, 0.1) is 12.7 Å². The highest BCUT2D eigenvalue weighted by molar-refractivity contribution is 9.10. The Hall–Kier alpha value is -2.21. The summed E-state index contributed by atoms with van der Waals surface area (Å²) in [7, 11) is 1.51. The largest absolute Gasteiger partial charge is 0.504 e. The molecule has 6 heteroatoms. The molecule has 2 N–H and O–H groups in total. The quantitative estimate of drug-likeness (QED) is 0.836. The third kappa shape index (κ3) is 2.41. The van der Waals surface area contributed by atoms with Crippen molar-refractivity contribution in [3.05, 3.63) is 52.0 Å². The highest BCUT2D eigenvalue weighted by atomic mass is 79.9. The summed E-state index contributed by atoms with van der Waals surface area (Å²) in [6, 6.07) is 11.2. The lowest BCUT2D eigenvalue weighted by atomic mass is 10.0. The van der Waals surface area contributed by atoms with E-state index in [4.69, 9.17) is 4.74 Å². The first kappa shape index (κ1) is 15.3. The van der Waals surface area contributed by atoms with Gasteiger partial charge >= 0.3 is 0 Å². The lowest BCUT2D eigenvalue weighted by Crippen LogP contribution is -2.44. The maximum atomic E-state index is 13.0. The Labute approximate surface area is 148 Å². The zero-order valence-electron chi connectivity index (χ0n) is 13.1. The van der Waals surface area contributed by atoms with Gasteiger partial charge in [0.15, 0.2) is 11.5 Å². The standard InChI is InChI=1S/C18H17BrN2O3/c1-24-15-9-10(19)8-13(16(15)22)17-20-14-5-3-2-4-12(14)18(23)21(17)11-6-7-11/h2-5,8-9,11,17,20,22H,6-7H2,1H3/t17-/m0/s1. The average Bonchev–Trinajstić information content (AvgIpc) is 3.41. The van der Waals surface area contributed by atoms with Gasteiger partial charge in [0.25, 0.3) is 5.91 Å². The van der Waals surface area contributed by atoms with E-state index in [-0.39, 0.29) is 17.7 Å². The summed E-state index contributed by atoms with van der Waals surface area (Å²) in [5.74, 6) is 0.425. The number of phenols is 1. The number of aromatic hydroxyl groups is 1. The number of nitrogens with zero attached hydrogens (tertiary/aromatic N) is 1. The molecule has 0 radical (unpaired) electrons. The lowest BCUT2D eigenvalue weighted by Gasteiger charge is -2.38. The molecule has 0 unspecified atom stereocenters. The van der Waals surface area contributed by atoms with Gasteiger partial charge in [-0.15, -0.1) is 0 Å². The predicted octanol–water partition coefficient (Wildman–Crippen LogP) is 3.89. The molecule has 1 heterocycles. The normalized spacial score (nSPS) is 19.7. The molecule has 124 valence electrons. The minimum absolute atomic E-state index is 0.00445. The Morgan fingerprint density at radius 1 is 1.29 bits per heavy atom. The number of rotatable bonds is 3. The highest BCUT2D eigenvalue weighted by Gasteiger charge is 2.43. The van der Waals surface area contributed by atoms with Crippen LogP contribution in [0.2, 0.25) is 0 Å². The first-order valence-electron chi connectivity index (χ1n) is 7.84. The molecule has 0 saturated heterocycles. The smallest absolute Gasteiger partial charge is 0.258 e. The van der Waals surface area contributed by atoms with E-state index in [0.717, 1.165) is 23.0 Å². The Bertz CT molecular complexity index is 820. The predicted molar refractivity (Wildman–Crippen MR) is 94.4 cm³/mol. The average molecular weight is 389 g/mol. The molecule has 0 aromatic heterocycles. The van der Waals surface area contributed by atoms with Crippen molar-refractivity contribution in [3.63, 3.8) is 0 Å². The maximum absolute atomic E-state index is 13.0. The van der Waals surface area contributed by atoms with Crippen molar-refractivity contribution in [2.24, 2.45) is 0 Å². The number of carbonyl (C=O) groups is 1. The number of ether oxygens (including phenoxy) is 1. The fraction of sp³-hybridized carbons (Fsp3) is 0.278. The van der Waals surface area contributed by atoms with E-state index >= 15 is 0 Å². The van der Waals surface area contributed by atoms with Crippen LogP contribution in [-0.4, -0.2) is 29.1 Å². The monoisotopic (exact) mass is 388 g/mol. The second-order valence-electron chi connectivity index (χ2n) is 6.08. The summed E-state index contributed by atoms with van der Waals surface area (Å²) < 4.78 is 6.04. The molecule has 1 fully saturated rings. The lowest BCUT2D eigenvalue weighted by molar-refractivity contribution is 0.0664. The molecule has 1 aliphatic heterocycles. The van der Waals surface area contributed by atoms with Crippen molar-refractivity contribution in [1.82, 2.24) is 4.90 Å². The number of amides is 1. The molecule has 4 rings (SSSR count). The van der Waals surface area contributed by atoms with Crippen LogP contribution in [0.3, 0.4) is 0 Å². The Morgan fingerprint density at radius 2 is 2.04 bits per heavy atom. The second kappa shape index (κ2) is 5.70. The second-order valence-corrected chi connectivity index (χ2v) is 7.00. The number of methoxy groups -OCH3 is 1. The third-order valence-electron chi connectivity index (χ3n) is 4.49. The summed E-state index contributed by atoms with van der Waals surface area (Å²) in [5.41, 5.74) is 2.07. The van der Waals surface area contributed by atoms with Gasteiger partial charge in [-0.05, 0) is 37.1 Å². The van der Waals surface area contributed by atoms with E-state index < -0.39 is 6.17 Å². The highest BCUT2D eigenvalue weighted by Crippen LogP contribution is 2.45. The van der Waals surface area contributed by atoms with Crippen LogP contribution in [0.15, 0.2) is 40.9 Å². The van der Waals surface area contributed by atoms with E-state index in [9.17, 15) is 9.90 Å². The molecule has 24 heavy (non-hydrogen) atoms. The maximum Gasteiger partial charge on any atom is 0.258 e. The summed E-state index contributed by atoms with van der Waals surface area (Å²) >= 11 is 3.45.